The normalized spacial score (nSPS) is 13.9. The van der Waals surface area contributed by atoms with Gasteiger partial charge < -0.3 is 0 Å². The first-order valence-corrected chi connectivity index (χ1v) is 4.69. The second-order valence-electron chi connectivity index (χ2n) is 3.18. The molecule has 90 valence electrons. The zero-order valence-corrected chi connectivity index (χ0v) is 8.74. The van der Waals surface area contributed by atoms with Gasteiger partial charge in [-0.1, -0.05) is 23.7 Å². The third kappa shape index (κ3) is 3.07. The molecule has 0 saturated carbocycles. The summed E-state index contributed by atoms with van der Waals surface area (Å²) in [6, 6.07) is 1.88. The minimum Gasteiger partial charge on any atom is -0.271 e. The second-order valence-corrected chi connectivity index (χ2v) is 3.59. The molecule has 7 heteroatoms. The summed E-state index contributed by atoms with van der Waals surface area (Å²) in [5.74, 6) is 3.92. The van der Waals surface area contributed by atoms with Gasteiger partial charge in [0.2, 0.25) is 0 Å². The van der Waals surface area contributed by atoms with Gasteiger partial charge in [-0.3, -0.25) is 5.84 Å². The van der Waals surface area contributed by atoms with Crippen LogP contribution in [0.1, 0.15) is 5.56 Å². The van der Waals surface area contributed by atoms with Crippen molar-refractivity contribution < 1.29 is 17.6 Å². The van der Waals surface area contributed by atoms with Crippen LogP contribution in [0.25, 0.3) is 0 Å². The molecule has 0 heterocycles. The molecular weight excluding hydrogens is 248 g/mol. The van der Waals surface area contributed by atoms with Crippen LogP contribution in [0.5, 0.6) is 0 Å². The van der Waals surface area contributed by atoms with Gasteiger partial charge in [-0.2, -0.15) is 13.2 Å². The smallest absolute Gasteiger partial charge is 0.271 e. The lowest BCUT2D eigenvalue weighted by atomic mass is 10.1. The second kappa shape index (κ2) is 4.99. The molecule has 0 fully saturated rings. The molecule has 16 heavy (non-hydrogen) atoms. The minimum atomic E-state index is -4.54. The Balaban J connectivity index is 2.91. The van der Waals surface area contributed by atoms with E-state index >= 15 is 0 Å². The van der Waals surface area contributed by atoms with E-state index in [9.17, 15) is 17.6 Å². The van der Waals surface area contributed by atoms with E-state index in [-0.39, 0.29) is 10.6 Å². The molecule has 2 nitrogen and oxygen atoms in total. The van der Waals surface area contributed by atoms with Crippen LogP contribution in [-0.4, -0.2) is 12.2 Å². The van der Waals surface area contributed by atoms with Crippen LogP contribution >= 0.6 is 11.6 Å². The third-order valence-electron chi connectivity index (χ3n) is 2.05. The van der Waals surface area contributed by atoms with Gasteiger partial charge in [-0.05, 0) is 11.6 Å². The van der Waals surface area contributed by atoms with E-state index < -0.39 is 24.5 Å². The Morgan fingerprint density at radius 1 is 1.38 bits per heavy atom. The first kappa shape index (κ1) is 13.2. The Hall–Kier alpha value is -0.850. The number of alkyl halides is 3. The first-order chi connectivity index (χ1) is 7.36. The lowest BCUT2D eigenvalue weighted by Crippen LogP contribution is -2.47. The molecule has 0 aromatic heterocycles. The summed E-state index contributed by atoms with van der Waals surface area (Å²) in [5.41, 5.74) is 1.47. The van der Waals surface area contributed by atoms with Crippen LogP contribution in [0.3, 0.4) is 0 Å². The predicted octanol–water partition coefficient (Wildman–Crippen LogP) is 2.42. The molecule has 0 aliphatic heterocycles. The van der Waals surface area contributed by atoms with Crippen LogP contribution in [-0.2, 0) is 6.42 Å². The molecular formula is C9H9ClF4N2. The van der Waals surface area contributed by atoms with Crippen molar-refractivity contribution >= 4 is 11.6 Å². The Labute approximate surface area is 94.4 Å². The lowest BCUT2D eigenvalue weighted by Gasteiger charge is -2.19. The fourth-order valence-electron chi connectivity index (χ4n) is 1.20. The monoisotopic (exact) mass is 256 g/mol. The molecule has 1 unspecified atom stereocenters. The molecule has 0 aliphatic carbocycles. The topological polar surface area (TPSA) is 38.0 Å². The van der Waals surface area contributed by atoms with E-state index in [2.05, 4.69) is 0 Å². The number of nitrogens with two attached hydrogens (primary N) is 1. The molecule has 0 radical (unpaired) electrons. The number of nitrogens with one attached hydrogen (secondary N) is 1. The van der Waals surface area contributed by atoms with E-state index in [4.69, 9.17) is 17.4 Å². The summed E-state index contributed by atoms with van der Waals surface area (Å²) in [6.45, 7) is 0. The molecule has 1 aromatic rings. The fourth-order valence-corrected chi connectivity index (χ4v) is 1.39. The van der Waals surface area contributed by atoms with E-state index in [1.54, 1.807) is 5.43 Å². The minimum absolute atomic E-state index is 0.132. The van der Waals surface area contributed by atoms with Gasteiger partial charge >= 0.3 is 6.18 Å². The van der Waals surface area contributed by atoms with Crippen molar-refractivity contribution in [1.82, 2.24) is 5.43 Å². The summed E-state index contributed by atoms with van der Waals surface area (Å²) < 4.78 is 50.3. The summed E-state index contributed by atoms with van der Waals surface area (Å²) in [5, 5.41) is -0.213. The molecule has 0 saturated heterocycles. The Morgan fingerprint density at radius 3 is 2.50 bits per heavy atom. The maximum atomic E-state index is 13.3. The van der Waals surface area contributed by atoms with E-state index in [1.807, 2.05) is 0 Å². The molecule has 1 rings (SSSR count). The number of rotatable bonds is 3. The van der Waals surface area contributed by atoms with Crippen molar-refractivity contribution in [2.24, 2.45) is 5.84 Å². The van der Waals surface area contributed by atoms with Crippen LogP contribution < -0.4 is 11.3 Å². The van der Waals surface area contributed by atoms with Crippen molar-refractivity contribution in [2.45, 2.75) is 18.6 Å². The lowest BCUT2D eigenvalue weighted by molar-refractivity contribution is -0.155. The Morgan fingerprint density at radius 2 is 2.00 bits per heavy atom. The van der Waals surface area contributed by atoms with Gasteiger partial charge in [0, 0.05) is 6.42 Å². The predicted molar refractivity (Wildman–Crippen MR) is 52.3 cm³/mol. The average molecular weight is 257 g/mol. The van der Waals surface area contributed by atoms with Gasteiger partial charge in [0.1, 0.15) is 11.9 Å². The summed E-state index contributed by atoms with van der Waals surface area (Å²) in [6.07, 6.45) is -5.14. The van der Waals surface area contributed by atoms with E-state index in [0.717, 1.165) is 0 Å². The number of hydrogen-bond donors (Lipinski definition) is 2. The van der Waals surface area contributed by atoms with Gasteiger partial charge in [0.15, 0.2) is 0 Å². The highest BCUT2D eigenvalue weighted by Gasteiger charge is 2.39. The maximum Gasteiger partial charge on any atom is 0.405 e. The highest BCUT2D eigenvalue weighted by atomic mass is 35.5. The largest absolute Gasteiger partial charge is 0.405 e. The number of halogens is 5. The van der Waals surface area contributed by atoms with Crippen molar-refractivity contribution in [3.63, 3.8) is 0 Å². The maximum absolute atomic E-state index is 13.3. The quantitative estimate of drug-likeness (QED) is 0.495. The van der Waals surface area contributed by atoms with Crippen LogP contribution in [0, 0.1) is 5.82 Å². The van der Waals surface area contributed by atoms with Crippen molar-refractivity contribution in [3.8, 4) is 0 Å². The molecule has 0 spiro atoms. The highest BCUT2D eigenvalue weighted by molar-refractivity contribution is 6.30. The first-order valence-electron chi connectivity index (χ1n) is 4.32. The van der Waals surface area contributed by atoms with Gasteiger partial charge in [-0.15, -0.1) is 0 Å². The van der Waals surface area contributed by atoms with Gasteiger partial charge in [0.25, 0.3) is 0 Å². The highest BCUT2D eigenvalue weighted by Crippen LogP contribution is 2.25. The third-order valence-corrected chi connectivity index (χ3v) is 2.34. The van der Waals surface area contributed by atoms with E-state index in [1.165, 1.54) is 18.2 Å². The zero-order valence-electron chi connectivity index (χ0n) is 7.98. The molecule has 0 amide bonds. The number of hydrazine groups is 1. The zero-order chi connectivity index (χ0) is 12.3. The molecule has 1 aromatic carbocycles. The molecule has 1 atom stereocenters. The summed E-state index contributed by atoms with van der Waals surface area (Å²) in [7, 11) is 0. The van der Waals surface area contributed by atoms with Crippen LogP contribution in [0.2, 0.25) is 5.02 Å². The van der Waals surface area contributed by atoms with Gasteiger partial charge in [-0.25, -0.2) is 9.82 Å². The van der Waals surface area contributed by atoms with Crippen LogP contribution in [0.15, 0.2) is 18.2 Å². The fraction of sp³-hybridized carbons (Fsp3) is 0.333. The Bertz CT molecular complexity index is 367. The summed E-state index contributed by atoms with van der Waals surface area (Å²) in [4.78, 5) is 0. The molecule has 3 N–H and O–H groups in total. The van der Waals surface area contributed by atoms with Crippen molar-refractivity contribution in [3.05, 3.63) is 34.6 Å². The molecule has 0 bridgehead atoms. The van der Waals surface area contributed by atoms with Crippen molar-refractivity contribution in [1.29, 1.82) is 0 Å². The number of hydrogen-bond acceptors (Lipinski definition) is 2. The SMILES string of the molecule is NNC(Cc1cccc(Cl)c1F)C(F)(F)F. The molecule has 0 aliphatic rings. The average Bonchev–Trinajstić information content (AvgIpc) is 2.18. The standard InChI is InChI=1S/C9H9ClF4N2/c10-6-3-1-2-5(8(6)11)4-7(16-15)9(12,13)14/h1-3,7,16H,4,15H2. The van der Waals surface area contributed by atoms with Crippen molar-refractivity contribution in [2.75, 3.05) is 0 Å². The van der Waals surface area contributed by atoms with E-state index in [0.29, 0.717) is 0 Å². The number of benzene rings is 1. The summed E-state index contributed by atoms with van der Waals surface area (Å²) >= 11 is 5.45. The van der Waals surface area contributed by atoms with Gasteiger partial charge in [0.05, 0.1) is 5.02 Å². The Kier molecular flexibility index (Phi) is 4.12. The van der Waals surface area contributed by atoms with Crippen LogP contribution in [0.4, 0.5) is 17.6 Å².